The van der Waals surface area contributed by atoms with E-state index in [4.69, 9.17) is 0 Å². The van der Waals surface area contributed by atoms with Crippen molar-refractivity contribution in [2.24, 2.45) is 0 Å². The maximum absolute atomic E-state index is 2.06. The summed E-state index contributed by atoms with van der Waals surface area (Å²) in [6, 6.07) is 0. The Labute approximate surface area is 56.4 Å². The number of halogens is 2. The minimum atomic E-state index is 0. The van der Waals surface area contributed by atoms with Crippen molar-refractivity contribution >= 4 is 16.9 Å². The molecule has 0 nitrogen and oxygen atoms in total. The van der Waals surface area contributed by atoms with Gasteiger partial charge in [0.2, 0.25) is 0 Å². The van der Waals surface area contributed by atoms with E-state index in [-0.39, 0.29) is 34.0 Å². The fourth-order valence-corrected chi connectivity index (χ4v) is 0. The molecule has 0 aromatic rings. The van der Waals surface area contributed by atoms with Crippen LogP contribution in [-0.4, -0.2) is 16.9 Å². The Morgan fingerprint density at radius 2 is 1.00 bits per heavy atom. The molecule has 0 saturated carbocycles. The number of hydrogen-bond donors (Lipinski definition) is 0. The summed E-state index contributed by atoms with van der Waals surface area (Å²) >= 11 is 1.69. The third-order valence-electron chi connectivity index (χ3n) is 0. The Kier molecular flexibility index (Phi) is 108. The van der Waals surface area contributed by atoms with Crippen molar-refractivity contribution in [1.29, 1.82) is 0 Å². The Morgan fingerprint density at radius 1 is 1.00 bits per heavy atom. The predicted molar refractivity (Wildman–Crippen MR) is 14.4 cm³/mol. The minimum Gasteiger partial charge on any atom is -1.00 e. The molecular weight excluding hydrogens is 247 g/mol. The second-order valence-corrected chi connectivity index (χ2v) is 0. The van der Waals surface area contributed by atoms with Gasteiger partial charge in [-0.3, -0.25) is 0 Å². The van der Waals surface area contributed by atoms with Crippen LogP contribution in [0.5, 0.6) is 0 Å². The summed E-state index contributed by atoms with van der Waals surface area (Å²) in [7, 11) is 0. The topological polar surface area (TPSA) is 0 Å². The van der Waals surface area contributed by atoms with Crippen molar-refractivity contribution < 1.29 is 34.0 Å². The molecule has 30 valence electrons. The van der Waals surface area contributed by atoms with Crippen LogP contribution in [0.4, 0.5) is 0 Å². The van der Waals surface area contributed by atoms with Crippen LogP contribution in [0.1, 0.15) is 0 Å². The van der Waals surface area contributed by atoms with Crippen molar-refractivity contribution in [3.8, 4) is 0 Å². The summed E-state index contributed by atoms with van der Waals surface area (Å²) in [5, 5.41) is 0. The average molecular weight is 252 g/mol. The molecule has 0 N–H and O–H groups in total. The van der Waals surface area contributed by atoms with Gasteiger partial charge in [-0.2, -0.15) is 0 Å². The summed E-state index contributed by atoms with van der Waals surface area (Å²) in [4.78, 5) is 0. The van der Waals surface area contributed by atoms with Crippen LogP contribution in [0.3, 0.4) is 0 Å². The molecule has 0 bridgehead atoms. The molecule has 0 spiro atoms. The summed E-state index contributed by atoms with van der Waals surface area (Å²) < 4.78 is 0. The summed E-state index contributed by atoms with van der Waals surface area (Å²) in [6.45, 7) is 0. The average Bonchev–Trinajstić information content (AvgIpc) is 1.00. The molecule has 0 heterocycles. The first-order chi connectivity index (χ1) is 1.00. The molecule has 0 aliphatic carbocycles. The quantitative estimate of drug-likeness (QED) is 0.376. The molecule has 0 aliphatic rings. The molecule has 0 fully saturated rings. The van der Waals surface area contributed by atoms with Crippen LogP contribution < -0.4 is 34.0 Å². The third kappa shape index (κ3) is 9.68. The van der Waals surface area contributed by atoms with E-state index in [0.29, 0.717) is 0 Å². The van der Waals surface area contributed by atoms with E-state index in [2.05, 4.69) is 5.71 Å². The molecule has 0 radical (unpaired) electrons. The zero-order chi connectivity index (χ0) is 2.00. The molecule has 0 aliphatic heterocycles. The molecule has 0 amide bonds. The summed E-state index contributed by atoms with van der Waals surface area (Å²) in [5.74, 6) is 0. The van der Waals surface area contributed by atoms with Crippen LogP contribution in [0.25, 0.3) is 0 Å². The van der Waals surface area contributed by atoms with Crippen LogP contribution in [0, 0.1) is 0 Å². The van der Waals surface area contributed by atoms with E-state index < -0.39 is 0 Å². The Morgan fingerprint density at radius 3 is 1.00 bits per heavy atom. The van der Waals surface area contributed by atoms with Gasteiger partial charge in [0.15, 0.2) is 0 Å². The van der Waals surface area contributed by atoms with E-state index >= 15 is 0 Å². The van der Waals surface area contributed by atoms with E-state index in [1.54, 1.807) is 16.9 Å². The van der Waals surface area contributed by atoms with Gasteiger partial charge in [0.1, 0.15) is 0 Å². The standard InChI is InChI=1S/CH5As.2BrH/c1-2;;/h2H2,1H3;2*1H/p-2. The third-order valence-corrected chi connectivity index (χ3v) is 0. The Balaban J connectivity index is -0.00000000500. The first-order valence-corrected chi connectivity index (χ1v) is 3.00. The van der Waals surface area contributed by atoms with Crippen molar-refractivity contribution in [1.82, 2.24) is 0 Å². The fraction of sp³-hybridized carbons (Fsp3) is 1.00. The second kappa shape index (κ2) is 24.3. The van der Waals surface area contributed by atoms with Crippen LogP contribution >= 0.6 is 0 Å². The van der Waals surface area contributed by atoms with E-state index in [0.717, 1.165) is 0 Å². The van der Waals surface area contributed by atoms with Crippen LogP contribution in [0.2, 0.25) is 5.71 Å². The Hall–Kier alpha value is 1.52. The number of rotatable bonds is 0. The second-order valence-electron chi connectivity index (χ2n) is 0. The summed E-state index contributed by atoms with van der Waals surface area (Å²) in [5.41, 5.74) is 2.06. The zero-order valence-electron chi connectivity index (χ0n) is 2.33. The molecule has 3 heteroatoms. The van der Waals surface area contributed by atoms with Crippen LogP contribution in [0.15, 0.2) is 0 Å². The van der Waals surface area contributed by atoms with Crippen molar-refractivity contribution in [3.63, 3.8) is 0 Å². The minimum absolute atomic E-state index is 0. The molecular formula is CH5AsBr2-2. The van der Waals surface area contributed by atoms with Gasteiger partial charge in [-0.15, -0.1) is 0 Å². The number of hydrogen-bond acceptors (Lipinski definition) is 0. The molecule has 0 aromatic heterocycles. The zero-order valence-corrected chi connectivity index (χ0v) is 7.93. The van der Waals surface area contributed by atoms with E-state index in [1.807, 2.05) is 0 Å². The smallest absolute Gasteiger partial charge is 1.00 e. The molecule has 0 aromatic carbocycles. The Bertz CT molecular complexity index is 6.00. The SMILES string of the molecule is C[AsH2].[Br-].[Br-]. The van der Waals surface area contributed by atoms with Gasteiger partial charge in [0.05, 0.1) is 0 Å². The maximum atomic E-state index is 2.06. The molecule has 0 saturated heterocycles. The molecule has 1 atom stereocenters. The molecule has 0 rings (SSSR count). The van der Waals surface area contributed by atoms with Gasteiger partial charge >= 0.3 is 22.6 Å². The monoisotopic (exact) mass is 250 g/mol. The van der Waals surface area contributed by atoms with Crippen molar-refractivity contribution in [3.05, 3.63) is 0 Å². The molecule has 4 heavy (non-hydrogen) atoms. The van der Waals surface area contributed by atoms with E-state index in [9.17, 15) is 0 Å². The first-order valence-electron chi connectivity index (χ1n) is 0.577. The van der Waals surface area contributed by atoms with Crippen molar-refractivity contribution in [2.45, 2.75) is 5.71 Å². The largest absolute Gasteiger partial charge is 1.00 e. The van der Waals surface area contributed by atoms with Gasteiger partial charge in [0, 0.05) is 0 Å². The fourth-order valence-electron chi connectivity index (χ4n) is 0. The van der Waals surface area contributed by atoms with Gasteiger partial charge in [-0.25, -0.2) is 0 Å². The first kappa shape index (κ1) is 17.8. The van der Waals surface area contributed by atoms with Crippen LogP contribution in [-0.2, 0) is 0 Å². The maximum Gasteiger partial charge on any atom is -1.00 e. The summed E-state index contributed by atoms with van der Waals surface area (Å²) in [6.07, 6.45) is 0. The molecule has 1 unspecified atom stereocenters. The van der Waals surface area contributed by atoms with Crippen molar-refractivity contribution in [2.75, 3.05) is 0 Å². The predicted octanol–water partition coefficient (Wildman–Crippen LogP) is -6.32. The van der Waals surface area contributed by atoms with Gasteiger partial charge in [0.25, 0.3) is 0 Å². The normalized spacial score (nSPS) is 1.50. The van der Waals surface area contributed by atoms with E-state index in [1.165, 1.54) is 0 Å². The van der Waals surface area contributed by atoms with Gasteiger partial charge in [-0.05, 0) is 0 Å². The van der Waals surface area contributed by atoms with Gasteiger partial charge in [-0.1, -0.05) is 0 Å². The van der Waals surface area contributed by atoms with Gasteiger partial charge < -0.3 is 34.0 Å².